The average Bonchev–Trinajstić information content (AvgIpc) is 3.05. The fraction of sp³-hybridized carbons (Fsp3) is 0.250. The van der Waals surface area contributed by atoms with E-state index in [2.05, 4.69) is 10.6 Å². The Bertz CT molecular complexity index is 606. The molecule has 0 atom stereocenters. The Morgan fingerprint density at radius 1 is 1.09 bits per heavy atom. The Labute approximate surface area is 128 Å². The Kier molecular flexibility index (Phi) is 5.59. The Morgan fingerprint density at radius 2 is 1.82 bits per heavy atom. The second-order valence-corrected chi connectivity index (χ2v) is 4.63. The molecule has 2 rings (SSSR count). The predicted molar refractivity (Wildman–Crippen MR) is 81.4 cm³/mol. The maximum Gasteiger partial charge on any atom is 0.224 e. The molecule has 22 heavy (non-hydrogen) atoms. The number of furan rings is 1. The second kappa shape index (κ2) is 7.87. The fourth-order valence-electron chi connectivity index (χ4n) is 1.81. The van der Waals surface area contributed by atoms with Crippen LogP contribution in [0, 0.1) is 0 Å². The van der Waals surface area contributed by atoms with Gasteiger partial charge in [-0.05, 0) is 36.4 Å². The topological polar surface area (TPSA) is 80.6 Å². The molecule has 2 aromatic rings. The molecule has 6 heteroatoms. The summed E-state index contributed by atoms with van der Waals surface area (Å²) in [6.45, 7) is 0.325. The lowest BCUT2D eigenvalue weighted by atomic mass is 10.2. The van der Waals surface area contributed by atoms with Crippen molar-refractivity contribution in [2.24, 2.45) is 0 Å². The zero-order valence-corrected chi connectivity index (χ0v) is 12.3. The molecule has 0 aliphatic carbocycles. The van der Waals surface area contributed by atoms with E-state index in [-0.39, 0.29) is 24.7 Å². The number of anilines is 1. The standard InChI is InChI=1S/C16H18N2O4/c1-21-13-6-4-12(5-7-13)18-16(20)9-8-15(19)17-11-14-3-2-10-22-14/h2-7,10H,8-9,11H2,1H3,(H,17,19)(H,18,20). The molecule has 0 saturated carbocycles. The predicted octanol–water partition coefficient (Wildman–Crippen LogP) is 2.32. The summed E-state index contributed by atoms with van der Waals surface area (Å²) >= 11 is 0. The highest BCUT2D eigenvalue weighted by molar-refractivity contribution is 5.93. The lowest BCUT2D eigenvalue weighted by molar-refractivity contribution is -0.124. The molecule has 0 unspecified atom stereocenters. The van der Waals surface area contributed by atoms with Gasteiger partial charge in [-0.3, -0.25) is 9.59 Å². The summed E-state index contributed by atoms with van der Waals surface area (Å²) in [5, 5.41) is 5.42. The first-order valence-electron chi connectivity index (χ1n) is 6.90. The van der Waals surface area contributed by atoms with Crippen molar-refractivity contribution in [3.8, 4) is 5.75 Å². The van der Waals surface area contributed by atoms with Gasteiger partial charge in [0.15, 0.2) is 0 Å². The maximum atomic E-state index is 11.8. The number of carbonyl (C=O) groups excluding carboxylic acids is 2. The van der Waals surface area contributed by atoms with Gasteiger partial charge in [0.05, 0.1) is 19.9 Å². The molecule has 0 spiro atoms. The number of carbonyl (C=O) groups is 2. The molecule has 2 N–H and O–H groups in total. The van der Waals surface area contributed by atoms with E-state index in [0.29, 0.717) is 18.0 Å². The van der Waals surface area contributed by atoms with Gasteiger partial charge in [-0.25, -0.2) is 0 Å². The van der Waals surface area contributed by atoms with Gasteiger partial charge in [0.1, 0.15) is 11.5 Å². The van der Waals surface area contributed by atoms with E-state index in [1.807, 2.05) is 0 Å². The van der Waals surface area contributed by atoms with Gasteiger partial charge in [0, 0.05) is 18.5 Å². The summed E-state index contributed by atoms with van der Waals surface area (Å²) in [6.07, 6.45) is 1.79. The molecule has 0 bridgehead atoms. The normalized spacial score (nSPS) is 10.0. The molecule has 0 saturated heterocycles. The van der Waals surface area contributed by atoms with E-state index < -0.39 is 0 Å². The highest BCUT2D eigenvalue weighted by Gasteiger charge is 2.08. The SMILES string of the molecule is COc1ccc(NC(=O)CCC(=O)NCc2ccco2)cc1. The number of ether oxygens (including phenoxy) is 1. The van der Waals surface area contributed by atoms with Crippen LogP contribution in [0.25, 0.3) is 0 Å². The summed E-state index contributed by atoms with van der Waals surface area (Å²) in [7, 11) is 1.58. The van der Waals surface area contributed by atoms with E-state index in [0.717, 1.165) is 5.75 Å². The van der Waals surface area contributed by atoms with Gasteiger partial charge in [-0.1, -0.05) is 0 Å². The molecule has 2 amide bonds. The van der Waals surface area contributed by atoms with Crippen molar-refractivity contribution in [3.63, 3.8) is 0 Å². The third-order valence-electron chi connectivity index (χ3n) is 2.99. The zero-order chi connectivity index (χ0) is 15.8. The first-order chi connectivity index (χ1) is 10.7. The summed E-state index contributed by atoms with van der Waals surface area (Å²) in [5.74, 6) is 0.992. The van der Waals surface area contributed by atoms with Crippen molar-refractivity contribution < 1.29 is 18.7 Å². The van der Waals surface area contributed by atoms with Crippen LogP contribution in [0.3, 0.4) is 0 Å². The highest BCUT2D eigenvalue weighted by Crippen LogP contribution is 2.15. The van der Waals surface area contributed by atoms with Crippen molar-refractivity contribution in [2.45, 2.75) is 19.4 Å². The van der Waals surface area contributed by atoms with Gasteiger partial charge in [0.25, 0.3) is 0 Å². The third kappa shape index (κ3) is 4.97. The van der Waals surface area contributed by atoms with Gasteiger partial charge < -0.3 is 19.8 Å². The third-order valence-corrected chi connectivity index (χ3v) is 2.99. The molecule has 0 fully saturated rings. The molecule has 1 aromatic heterocycles. The van der Waals surface area contributed by atoms with Crippen LogP contribution in [0.2, 0.25) is 0 Å². The minimum absolute atomic E-state index is 0.121. The van der Waals surface area contributed by atoms with E-state index in [9.17, 15) is 9.59 Å². The van der Waals surface area contributed by atoms with Gasteiger partial charge in [-0.2, -0.15) is 0 Å². The van der Waals surface area contributed by atoms with Gasteiger partial charge in [0.2, 0.25) is 11.8 Å². The number of benzene rings is 1. The van der Waals surface area contributed by atoms with Crippen molar-refractivity contribution in [1.29, 1.82) is 0 Å². The molecule has 116 valence electrons. The summed E-state index contributed by atoms with van der Waals surface area (Å²) in [4.78, 5) is 23.4. The highest BCUT2D eigenvalue weighted by atomic mass is 16.5. The first-order valence-corrected chi connectivity index (χ1v) is 6.90. The fourth-order valence-corrected chi connectivity index (χ4v) is 1.81. The van der Waals surface area contributed by atoms with Crippen LogP contribution < -0.4 is 15.4 Å². The Hall–Kier alpha value is -2.76. The minimum atomic E-state index is -0.210. The van der Waals surface area contributed by atoms with E-state index >= 15 is 0 Å². The summed E-state index contributed by atoms with van der Waals surface area (Å²) in [6, 6.07) is 10.5. The molecule has 6 nitrogen and oxygen atoms in total. The number of amides is 2. The van der Waals surface area contributed by atoms with Crippen LogP contribution in [-0.2, 0) is 16.1 Å². The zero-order valence-electron chi connectivity index (χ0n) is 12.3. The Balaban J connectivity index is 1.69. The Morgan fingerprint density at radius 3 is 2.45 bits per heavy atom. The molecule has 1 heterocycles. The van der Waals surface area contributed by atoms with Crippen LogP contribution in [0.1, 0.15) is 18.6 Å². The van der Waals surface area contributed by atoms with Crippen LogP contribution >= 0.6 is 0 Å². The smallest absolute Gasteiger partial charge is 0.224 e. The van der Waals surface area contributed by atoms with Crippen LogP contribution in [-0.4, -0.2) is 18.9 Å². The van der Waals surface area contributed by atoms with E-state index in [1.165, 1.54) is 0 Å². The summed E-state index contributed by atoms with van der Waals surface area (Å²) < 4.78 is 10.1. The average molecular weight is 302 g/mol. The monoisotopic (exact) mass is 302 g/mol. The van der Waals surface area contributed by atoms with Crippen LogP contribution in [0.4, 0.5) is 5.69 Å². The molecule has 0 radical (unpaired) electrons. The van der Waals surface area contributed by atoms with Crippen molar-refractivity contribution >= 4 is 17.5 Å². The lowest BCUT2D eigenvalue weighted by Gasteiger charge is -2.06. The van der Waals surface area contributed by atoms with Crippen molar-refractivity contribution in [3.05, 3.63) is 48.4 Å². The molecule has 0 aliphatic heterocycles. The second-order valence-electron chi connectivity index (χ2n) is 4.63. The lowest BCUT2D eigenvalue weighted by Crippen LogP contribution is -2.24. The first kappa shape index (κ1) is 15.6. The number of hydrogen-bond donors (Lipinski definition) is 2. The van der Waals surface area contributed by atoms with Gasteiger partial charge in [-0.15, -0.1) is 0 Å². The molecule has 1 aromatic carbocycles. The van der Waals surface area contributed by atoms with Gasteiger partial charge >= 0.3 is 0 Å². The molecular weight excluding hydrogens is 284 g/mol. The molecular formula is C16H18N2O4. The quantitative estimate of drug-likeness (QED) is 0.822. The molecule has 0 aliphatic rings. The van der Waals surface area contributed by atoms with Crippen molar-refractivity contribution in [1.82, 2.24) is 5.32 Å². The summed E-state index contributed by atoms with van der Waals surface area (Å²) in [5.41, 5.74) is 0.668. The number of nitrogens with one attached hydrogen (secondary N) is 2. The van der Waals surface area contributed by atoms with E-state index in [1.54, 1.807) is 49.8 Å². The van der Waals surface area contributed by atoms with Crippen molar-refractivity contribution in [2.75, 3.05) is 12.4 Å². The largest absolute Gasteiger partial charge is 0.497 e. The minimum Gasteiger partial charge on any atom is -0.497 e. The van der Waals surface area contributed by atoms with E-state index in [4.69, 9.17) is 9.15 Å². The number of rotatable bonds is 7. The van der Waals surface area contributed by atoms with Crippen LogP contribution in [0.5, 0.6) is 5.75 Å². The maximum absolute atomic E-state index is 11.8. The number of methoxy groups -OCH3 is 1. The van der Waals surface area contributed by atoms with Crippen LogP contribution in [0.15, 0.2) is 47.1 Å². The number of hydrogen-bond acceptors (Lipinski definition) is 4.